The maximum atomic E-state index is 13.3. The fraction of sp³-hybridized carbons (Fsp3) is 0.692. The van der Waals surface area contributed by atoms with Crippen molar-refractivity contribution in [2.45, 2.75) is 44.5 Å². The smallest absolute Gasteiger partial charge is 0.428 e. The SMILES string of the molecule is C=C(C)C(=O)OC1OC(C(=O)OCC(F)(F)F)(C(F)(F)F)CC1C. The molecule has 0 aromatic rings. The van der Waals surface area contributed by atoms with E-state index in [2.05, 4.69) is 20.8 Å². The van der Waals surface area contributed by atoms with E-state index < -0.39 is 55.1 Å². The van der Waals surface area contributed by atoms with E-state index in [0.29, 0.717) is 0 Å². The van der Waals surface area contributed by atoms with E-state index in [4.69, 9.17) is 0 Å². The fourth-order valence-corrected chi connectivity index (χ4v) is 1.95. The van der Waals surface area contributed by atoms with Crippen molar-refractivity contribution in [2.75, 3.05) is 6.61 Å². The number of carbonyl (C=O) groups excluding carboxylic acids is 2. The Morgan fingerprint density at radius 1 is 1.25 bits per heavy atom. The minimum atomic E-state index is -5.37. The van der Waals surface area contributed by atoms with E-state index in [-0.39, 0.29) is 5.57 Å². The Morgan fingerprint density at radius 2 is 1.79 bits per heavy atom. The third kappa shape index (κ3) is 4.40. The van der Waals surface area contributed by atoms with Gasteiger partial charge in [-0.2, -0.15) is 26.3 Å². The van der Waals surface area contributed by atoms with Crippen molar-refractivity contribution in [1.29, 1.82) is 0 Å². The zero-order chi connectivity index (χ0) is 18.9. The molecule has 0 aromatic heterocycles. The first-order chi connectivity index (χ1) is 10.7. The molecule has 0 saturated carbocycles. The van der Waals surface area contributed by atoms with Crippen LogP contribution in [0.2, 0.25) is 0 Å². The zero-order valence-electron chi connectivity index (χ0n) is 12.6. The third-order valence-corrected chi connectivity index (χ3v) is 3.12. The van der Waals surface area contributed by atoms with Gasteiger partial charge in [-0.3, -0.25) is 0 Å². The third-order valence-electron chi connectivity index (χ3n) is 3.12. The number of carbonyl (C=O) groups is 2. The van der Waals surface area contributed by atoms with Crippen molar-refractivity contribution < 1.29 is 50.1 Å². The number of esters is 2. The summed E-state index contributed by atoms with van der Waals surface area (Å²) in [7, 11) is 0. The van der Waals surface area contributed by atoms with E-state index >= 15 is 0 Å². The summed E-state index contributed by atoms with van der Waals surface area (Å²) in [6.07, 6.45) is -13.2. The normalized spacial score (nSPS) is 27.7. The highest BCUT2D eigenvalue weighted by atomic mass is 19.4. The molecular weight excluding hydrogens is 350 g/mol. The summed E-state index contributed by atoms with van der Waals surface area (Å²) in [5, 5.41) is 0. The lowest BCUT2D eigenvalue weighted by Gasteiger charge is -2.29. The lowest BCUT2D eigenvalue weighted by Crippen LogP contribution is -2.53. The first-order valence-corrected chi connectivity index (χ1v) is 6.54. The van der Waals surface area contributed by atoms with E-state index in [9.17, 15) is 35.9 Å². The number of rotatable bonds is 4. The predicted molar refractivity (Wildman–Crippen MR) is 65.4 cm³/mol. The van der Waals surface area contributed by atoms with Crippen LogP contribution in [0.5, 0.6) is 0 Å². The van der Waals surface area contributed by atoms with Crippen molar-refractivity contribution in [2.24, 2.45) is 5.92 Å². The van der Waals surface area contributed by atoms with Gasteiger partial charge in [-0.25, -0.2) is 9.59 Å². The van der Waals surface area contributed by atoms with Crippen LogP contribution in [0, 0.1) is 5.92 Å². The average Bonchev–Trinajstić information content (AvgIpc) is 2.73. The minimum Gasteiger partial charge on any atom is -0.454 e. The fourth-order valence-electron chi connectivity index (χ4n) is 1.95. The van der Waals surface area contributed by atoms with Crippen LogP contribution in [-0.2, 0) is 23.8 Å². The molecule has 1 fully saturated rings. The molecule has 138 valence electrons. The average molecular weight is 364 g/mol. The Hall–Kier alpha value is -1.78. The molecule has 11 heteroatoms. The van der Waals surface area contributed by atoms with E-state index in [1.165, 1.54) is 13.8 Å². The Balaban J connectivity index is 3.01. The minimum absolute atomic E-state index is 0.130. The lowest BCUT2D eigenvalue weighted by molar-refractivity contribution is -0.294. The van der Waals surface area contributed by atoms with Crippen LogP contribution in [-0.4, -0.2) is 42.8 Å². The van der Waals surface area contributed by atoms with Crippen molar-refractivity contribution in [1.82, 2.24) is 0 Å². The molecule has 1 heterocycles. The Morgan fingerprint density at radius 3 is 2.21 bits per heavy atom. The highest BCUT2D eigenvalue weighted by Crippen LogP contribution is 2.47. The van der Waals surface area contributed by atoms with Gasteiger partial charge >= 0.3 is 24.3 Å². The molecule has 1 saturated heterocycles. The molecule has 3 unspecified atom stereocenters. The summed E-state index contributed by atoms with van der Waals surface area (Å²) >= 11 is 0. The highest BCUT2D eigenvalue weighted by Gasteiger charge is 2.69. The molecule has 0 aliphatic carbocycles. The standard InChI is InChI=1S/C13H14F6O5/c1-6(2)8(20)23-9-7(3)4-11(24-9,13(17,18)19)10(21)22-5-12(14,15)16/h7,9H,1,4-5H2,2-3H3. The topological polar surface area (TPSA) is 61.8 Å². The molecule has 0 N–H and O–H groups in total. The molecule has 1 aliphatic heterocycles. The first kappa shape index (κ1) is 20.3. The molecule has 24 heavy (non-hydrogen) atoms. The summed E-state index contributed by atoms with van der Waals surface area (Å²) in [5.74, 6) is -4.42. The number of hydrogen-bond acceptors (Lipinski definition) is 5. The second-order valence-electron chi connectivity index (χ2n) is 5.37. The van der Waals surface area contributed by atoms with Crippen molar-refractivity contribution in [3.63, 3.8) is 0 Å². The van der Waals surface area contributed by atoms with Crippen molar-refractivity contribution in [3.8, 4) is 0 Å². The van der Waals surface area contributed by atoms with E-state index in [0.717, 1.165) is 0 Å². The maximum Gasteiger partial charge on any atom is 0.428 e. The quantitative estimate of drug-likeness (QED) is 0.436. The van der Waals surface area contributed by atoms with Gasteiger partial charge in [0.2, 0.25) is 6.29 Å². The van der Waals surface area contributed by atoms with Gasteiger partial charge in [-0.1, -0.05) is 13.5 Å². The van der Waals surface area contributed by atoms with Gasteiger partial charge in [0.15, 0.2) is 6.61 Å². The largest absolute Gasteiger partial charge is 0.454 e. The van der Waals surface area contributed by atoms with Crippen molar-refractivity contribution >= 4 is 11.9 Å². The molecule has 0 radical (unpaired) electrons. The summed E-state index contributed by atoms with van der Waals surface area (Å²) in [6.45, 7) is 3.45. The highest BCUT2D eigenvalue weighted by molar-refractivity contribution is 5.87. The summed E-state index contributed by atoms with van der Waals surface area (Å²) in [6, 6.07) is 0. The van der Waals surface area contributed by atoms with Gasteiger partial charge in [-0.05, 0) is 6.92 Å². The molecule has 0 aromatic carbocycles. The Labute approximate surface area is 132 Å². The van der Waals surface area contributed by atoms with Gasteiger partial charge in [0.25, 0.3) is 5.60 Å². The van der Waals surface area contributed by atoms with Gasteiger partial charge in [0.05, 0.1) is 0 Å². The molecule has 5 nitrogen and oxygen atoms in total. The summed E-state index contributed by atoms with van der Waals surface area (Å²) in [5.41, 5.74) is -3.77. The van der Waals surface area contributed by atoms with Crippen LogP contribution < -0.4 is 0 Å². The number of hydrogen-bond donors (Lipinski definition) is 0. The second-order valence-corrected chi connectivity index (χ2v) is 5.37. The zero-order valence-corrected chi connectivity index (χ0v) is 12.6. The lowest BCUT2D eigenvalue weighted by atomic mass is 9.94. The first-order valence-electron chi connectivity index (χ1n) is 6.54. The summed E-state index contributed by atoms with van der Waals surface area (Å²) < 4.78 is 88.8. The molecule has 0 spiro atoms. The number of alkyl halides is 6. The van der Waals surface area contributed by atoms with Crippen LogP contribution in [0.3, 0.4) is 0 Å². The second kappa shape index (κ2) is 6.61. The van der Waals surface area contributed by atoms with Crippen LogP contribution in [0.1, 0.15) is 20.3 Å². The summed E-state index contributed by atoms with van der Waals surface area (Å²) in [4.78, 5) is 23.0. The number of halogens is 6. The molecule has 0 amide bonds. The Bertz CT molecular complexity index is 526. The Kier molecular flexibility index (Phi) is 5.58. The van der Waals surface area contributed by atoms with E-state index in [1.807, 2.05) is 0 Å². The van der Waals surface area contributed by atoms with Gasteiger partial charge in [0, 0.05) is 17.9 Å². The molecule has 1 aliphatic rings. The molecular formula is C13H14F6O5. The van der Waals surface area contributed by atoms with Crippen LogP contribution in [0.25, 0.3) is 0 Å². The molecule has 0 bridgehead atoms. The molecule has 1 rings (SSSR count). The van der Waals surface area contributed by atoms with Gasteiger partial charge in [0.1, 0.15) is 0 Å². The van der Waals surface area contributed by atoms with Crippen molar-refractivity contribution in [3.05, 3.63) is 12.2 Å². The van der Waals surface area contributed by atoms with Gasteiger partial charge in [-0.15, -0.1) is 0 Å². The van der Waals surface area contributed by atoms with Gasteiger partial charge < -0.3 is 14.2 Å². The monoisotopic (exact) mass is 364 g/mol. The molecule has 3 atom stereocenters. The maximum absolute atomic E-state index is 13.3. The van der Waals surface area contributed by atoms with Crippen LogP contribution in [0.15, 0.2) is 12.2 Å². The predicted octanol–water partition coefficient (Wildman–Crippen LogP) is 2.89. The van der Waals surface area contributed by atoms with Crippen LogP contribution >= 0.6 is 0 Å². The van der Waals surface area contributed by atoms with Crippen LogP contribution in [0.4, 0.5) is 26.3 Å². The van der Waals surface area contributed by atoms with E-state index in [1.54, 1.807) is 0 Å². The number of ether oxygens (including phenoxy) is 3.